The zero-order valence-electron chi connectivity index (χ0n) is 10.4. The maximum Gasteiger partial charge on any atom is 0.0397 e. The van der Waals surface area contributed by atoms with Crippen molar-refractivity contribution >= 4 is 0 Å². The van der Waals surface area contributed by atoms with Gasteiger partial charge < -0.3 is 5.32 Å². The minimum atomic E-state index is 0.470. The molecule has 88 valence electrons. The van der Waals surface area contributed by atoms with Gasteiger partial charge in [-0.3, -0.25) is 0 Å². The molecular formula is C16H19N. The molecule has 0 saturated heterocycles. The van der Waals surface area contributed by atoms with Gasteiger partial charge in [0.05, 0.1) is 0 Å². The number of benzene rings is 1. The Hall–Kier alpha value is -1.34. The van der Waals surface area contributed by atoms with Crippen LogP contribution in [0.1, 0.15) is 36.9 Å². The number of fused-ring (bicyclic) bond motifs is 3. The van der Waals surface area contributed by atoms with Crippen molar-refractivity contribution < 1.29 is 0 Å². The van der Waals surface area contributed by atoms with Gasteiger partial charge in [-0.25, -0.2) is 0 Å². The van der Waals surface area contributed by atoms with E-state index >= 15 is 0 Å². The molecule has 1 heteroatoms. The number of allylic oxidation sites excluding steroid dienone is 3. The van der Waals surface area contributed by atoms with Gasteiger partial charge in [-0.2, -0.15) is 0 Å². The van der Waals surface area contributed by atoms with Crippen LogP contribution in [0.25, 0.3) is 0 Å². The van der Waals surface area contributed by atoms with Crippen molar-refractivity contribution in [2.45, 2.75) is 31.8 Å². The third-order valence-corrected chi connectivity index (χ3v) is 3.77. The zero-order chi connectivity index (χ0) is 11.8. The first-order valence-corrected chi connectivity index (χ1v) is 6.47. The molecule has 3 unspecified atom stereocenters. The van der Waals surface area contributed by atoms with Gasteiger partial charge in [0.25, 0.3) is 0 Å². The second kappa shape index (κ2) is 4.15. The van der Waals surface area contributed by atoms with Crippen LogP contribution in [0.4, 0.5) is 0 Å². The minimum Gasteiger partial charge on any atom is -0.307 e. The Morgan fingerprint density at radius 1 is 1.00 bits per heavy atom. The van der Waals surface area contributed by atoms with E-state index < -0.39 is 0 Å². The molecule has 3 atom stereocenters. The van der Waals surface area contributed by atoms with E-state index in [0.29, 0.717) is 23.9 Å². The molecule has 1 aromatic rings. The number of rotatable bonds is 2. The molecule has 1 nitrogen and oxygen atoms in total. The first kappa shape index (κ1) is 10.8. The summed E-state index contributed by atoms with van der Waals surface area (Å²) in [6.45, 7) is 4.44. The molecule has 0 amide bonds. The van der Waals surface area contributed by atoms with Crippen molar-refractivity contribution in [3.05, 3.63) is 59.7 Å². The monoisotopic (exact) mass is 225 g/mol. The van der Waals surface area contributed by atoms with Crippen LogP contribution in [0.15, 0.2) is 48.6 Å². The van der Waals surface area contributed by atoms with Gasteiger partial charge in [-0.15, -0.1) is 0 Å². The summed E-state index contributed by atoms with van der Waals surface area (Å²) in [7, 11) is 0. The molecule has 1 N–H and O–H groups in total. The number of hydrogen-bond donors (Lipinski definition) is 1. The zero-order valence-corrected chi connectivity index (χ0v) is 10.4. The highest BCUT2D eigenvalue weighted by Crippen LogP contribution is 2.47. The molecule has 0 saturated carbocycles. The molecule has 0 radical (unpaired) electrons. The predicted molar refractivity (Wildman–Crippen MR) is 72.0 cm³/mol. The van der Waals surface area contributed by atoms with E-state index in [1.54, 1.807) is 0 Å². The summed E-state index contributed by atoms with van der Waals surface area (Å²) in [4.78, 5) is 0. The molecule has 0 fully saturated rings. The topological polar surface area (TPSA) is 12.0 Å². The molecule has 2 aliphatic rings. The van der Waals surface area contributed by atoms with Gasteiger partial charge in [0.1, 0.15) is 0 Å². The predicted octanol–water partition coefficient (Wildman–Crippen LogP) is 3.57. The number of nitrogens with one attached hydrogen (secondary N) is 1. The van der Waals surface area contributed by atoms with Crippen molar-refractivity contribution in [1.29, 1.82) is 0 Å². The van der Waals surface area contributed by atoms with Crippen LogP contribution in [-0.4, -0.2) is 6.04 Å². The Morgan fingerprint density at radius 2 is 1.71 bits per heavy atom. The maximum atomic E-state index is 3.71. The fourth-order valence-corrected chi connectivity index (χ4v) is 3.12. The second-order valence-corrected chi connectivity index (χ2v) is 5.30. The molecule has 0 heterocycles. The fraction of sp³-hybridized carbons (Fsp3) is 0.375. The lowest BCUT2D eigenvalue weighted by molar-refractivity contribution is 0.397. The fourth-order valence-electron chi connectivity index (χ4n) is 3.12. The summed E-state index contributed by atoms with van der Waals surface area (Å²) >= 11 is 0. The Balaban J connectivity index is 2.03. The highest BCUT2D eigenvalue weighted by molar-refractivity contribution is 5.45. The van der Waals surface area contributed by atoms with E-state index in [-0.39, 0.29) is 0 Å². The van der Waals surface area contributed by atoms with E-state index in [1.807, 2.05) is 0 Å². The third-order valence-electron chi connectivity index (χ3n) is 3.77. The molecule has 0 spiro atoms. The van der Waals surface area contributed by atoms with Crippen LogP contribution in [0, 0.1) is 5.92 Å². The minimum absolute atomic E-state index is 0.470. The third kappa shape index (κ3) is 1.75. The van der Waals surface area contributed by atoms with Crippen molar-refractivity contribution in [2.75, 3.05) is 0 Å². The van der Waals surface area contributed by atoms with Crippen molar-refractivity contribution in [1.82, 2.24) is 5.32 Å². The summed E-state index contributed by atoms with van der Waals surface area (Å²) in [5, 5.41) is 3.71. The Bertz CT molecular complexity index is 470. The smallest absolute Gasteiger partial charge is 0.0397 e. The summed E-state index contributed by atoms with van der Waals surface area (Å²) in [6.07, 6.45) is 9.05. The Labute approximate surface area is 103 Å². The summed E-state index contributed by atoms with van der Waals surface area (Å²) < 4.78 is 0. The highest BCUT2D eigenvalue weighted by Gasteiger charge is 2.38. The van der Waals surface area contributed by atoms with Gasteiger partial charge in [0.2, 0.25) is 0 Å². The number of hydrogen-bond acceptors (Lipinski definition) is 1. The van der Waals surface area contributed by atoms with Crippen LogP contribution < -0.4 is 5.32 Å². The van der Waals surface area contributed by atoms with Crippen LogP contribution in [-0.2, 0) is 0 Å². The normalized spacial score (nSPS) is 29.5. The molecule has 1 aromatic carbocycles. The van der Waals surface area contributed by atoms with E-state index in [1.165, 1.54) is 11.1 Å². The molecule has 0 aromatic heterocycles. The first-order valence-electron chi connectivity index (χ1n) is 6.47. The molecule has 17 heavy (non-hydrogen) atoms. The standard InChI is InChI=1S/C16H19N/c1-11(2)17-16-14-9-5-3-7-12(14)13-8-4-6-10-15(13)16/h3-12,14,16-17H,1-2H3. The SMILES string of the molecule is CC(C)NC1c2ccccc2C2C=CC=CC21. The van der Waals surface area contributed by atoms with Crippen LogP contribution in [0.3, 0.4) is 0 Å². The van der Waals surface area contributed by atoms with Crippen LogP contribution >= 0.6 is 0 Å². The second-order valence-electron chi connectivity index (χ2n) is 5.30. The van der Waals surface area contributed by atoms with E-state index in [2.05, 4.69) is 67.7 Å². The van der Waals surface area contributed by atoms with Gasteiger partial charge in [0, 0.05) is 23.9 Å². The molecule has 3 rings (SSSR count). The average molecular weight is 225 g/mol. The summed E-state index contributed by atoms with van der Waals surface area (Å²) in [5.41, 5.74) is 2.98. The molecule has 0 aliphatic heterocycles. The Kier molecular flexibility index (Phi) is 2.64. The first-order chi connectivity index (χ1) is 8.27. The van der Waals surface area contributed by atoms with Crippen LogP contribution in [0.2, 0.25) is 0 Å². The Morgan fingerprint density at radius 3 is 2.47 bits per heavy atom. The van der Waals surface area contributed by atoms with Gasteiger partial charge >= 0.3 is 0 Å². The van der Waals surface area contributed by atoms with E-state index in [0.717, 1.165) is 0 Å². The van der Waals surface area contributed by atoms with E-state index in [9.17, 15) is 0 Å². The van der Waals surface area contributed by atoms with Gasteiger partial charge in [0.15, 0.2) is 0 Å². The van der Waals surface area contributed by atoms with Crippen molar-refractivity contribution in [3.63, 3.8) is 0 Å². The quantitative estimate of drug-likeness (QED) is 0.811. The summed E-state index contributed by atoms with van der Waals surface area (Å²) in [6, 6.07) is 9.84. The van der Waals surface area contributed by atoms with Gasteiger partial charge in [-0.1, -0.05) is 62.4 Å². The van der Waals surface area contributed by atoms with Crippen molar-refractivity contribution in [3.8, 4) is 0 Å². The van der Waals surface area contributed by atoms with Gasteiger partial charge in [-0.05, 0) is 11.1 Å². The van der Waals surface area contributed by atoms with Crippen molar-refractivity contribution in [2.24, 2.45) is 5.92 Å². The van der Waals surface area contributed by atoms with E-state index in [4.69, 9.17) is 0 Å². The van der Waals surface area contributed by atoms with Crippen LogP contribution in [0.5, 0.6) is 0 Å². The lowest BCUT2D eigenvalue weighted by Crippen LogP contribution is -2.31. The molecule has 0 bridgehead atoms. The lowest BCUT2D eigenvalue weighted by Gasteiger charge is -2.25. The maximum absolute atomic E-state index is 3.71. The highest BCUT2D eigenvalue weighted by atomic mass is 15.0. The lowest BCUT2D eigenvalue weighted by atomic mass is 9.87. The summed E-state index contributed by atoms with van der Waals surface area (Å²) in [5.74, 6) is 1.15. The molecule has 2 aliphatic carbocycles. The molecular weight excluding hydrogens is 206 g/mol. The average Bonchev–Trinajstić information content (AvgIpc) is 2.65. The largest absolute Gasteiger partial charge is 0.307 e.